The minimum absolute atomic E-state index is 0.000557. The number of phenolic OH excluding ortho intramolecular Hbond substituents is 1. The van der Waals surface area contributed by atoms with Gasteiger partial charge in [0.1, 0.15) is 11.7 Å². The molecule has 0 amide bonds. The van der Waals surface area contributed by atoms with Gasteiger partial charge in [-0.3, -0.25) is 4.79 Å². The van der Waals surface area contributed by atoms with Crippen LogP contribution in [0.4, 0.5) is 0 Å². The number of phenols is 1. The molecule has 9 nitrogen and oxygen atoms in total. The van der Waals surface area contributed by atoms with E-state index in [9.17, 15) is 20.1 Å². The summed E-state index contributed by atoms with van der Waals surface area (Å²) in [5.74, 6) is 0.642. The van der Waals surface area contributed by atoms with Crippen LogP contribution in [0.3, 0.4) is 0 Å². The van der Waals surface area contributed by atoms with E-state index in [0.29, 0.717) is 35.5 Å². The Morgan fingerprint density at radius 3 is 2.12 bits per heavy atom. The Morgan fingerprint density at radius 2 is 1.50 bits per heavy atom. The van der Waals surface area contributed by atoms with Crippen molar-refractivity contribution >= 4 is 5.78 Å². The van der Waals surface area contributed by atoms with Gasteiger partial charge in [-0.2, -0.15) is 0 Å². The minimum atomic E-state index is -1.56. The summed E-state index contributed by atoms with van der Waals surface area (Å²) >= 11 is 0. The van der Waals surface area contributed by atoms with Gasteiger partial charge in [0, 0.05) is 11.1 Å². The molecule has 4 unspecified atom stereocenters. The summed E-state index contributed by atoms with van der Waals surface area (Å²) in [5.41, 5.74) is 0.0735. The number of para-hydroxylation sites is 1. The predicted molar refractivity (Wildman–Crippen MR) is 206 cm³/mol. The topological polar surface area (TPSA) is 124 Å². The largest absolute Gasteiger partial charge is 0.504 e. The molecule has 0 bridgehead atoms. The number of benzene rings is 3. The lowest BCUT2D eigenvalue weighted by Gasteiger charge is -2.30. The molecule has 3 aromatic rings. The second-order valence-electron chi connectivity index (χ2n) is 14.3. The maximum atomic E-state index is 13.4. The first-order valence-electron chi connectivity index (χ1n) is 18.3. The van der Waals surface area contributed by atoms with Crippen molar-refractivity contribution < 1.29 is 43.8 Å². The number of unbranched alkanes of at least 4 members (excludes halogenated alkanes) is 2. The summed E-state index contributed by atoms with van der Waals surface area (Å²) in [6.07, 6.45) is 7.35. The van der Waals surface area contributed by atoms with Gasteiger partial charge in [0.15, 0.2) is 40.3 Å². The van der Waals surface area contributed by atoms with E-state index in [2.05, 4.69) is 34.3 Å². The predicted octanol–water partition coefficient (Wildman–Crippen LogP) is 9.04. The molecule has 4 atom stereocenters. The van der Waals surface area contributed by atoms with E-state index in [-0.39, 0.29) is 40.1 Å². The fourth-order valence-corrected chi connectivity index (χ4v) is 6.24. The van der Waals surface area contributed by atoms with E-state index < -0.39 is 30.0 Å². The molecular formula is C43H60O9. The quantitative estimate of drug-likeness (QED) is 0.0500. The standard InChI is InChI=1S/C43H60O9/c1-10-13-14-15-24-43(6,47)41(46)30-20-22-34(37(27-30)50-9)52-38(28-44)39(32-17-16-18-35(48-7)40(32)45)29-19-21-33(36(26-29)49-8)51-31(11-2)23-25-42(4,5)12-3/h10,16-22,26-27,31,38-39,44-45,47H,1,11-15,23-25,28H2,2-9H3. The third-order valence-corrected chi connectivity index (χ3v) is 10.0. The molecule has 52 heavy (non-hydrogen) atoms. The number of ether oxygens (including phenoxy) is 5. The summed E-state index contributed by atoms with van der Waals surface area (Å²) in [5, 5.41) is 33.3. The number of carbonyl (C=O) groups excluding carboxylic acids is 1. The van der Waals surface area contributed by atoms with Crippen LogP contribution in [0.25, 0.3) is 0 Å². The van der Waals surface area contributed by atoms with Crippen LogP contribution in [-0.4, -0.2) is 66.8 Å². The van der Waals surface area contributed by atoms with Crippen molar-refractivity contribution in [2.24, 2.45) is 5.41 Å². The molecule has 0 aromatic heterocycles. The normalized spacial score (nSPS) is 14.4. The molecule has 0 saturated heterocycles. The number of carbonyl (C=O) groups is 1. The van der Waals surface area contributed by atoms with Crippen molar-refractivity contribution in [1.82, 2.24) is 0 Å². The Morgan fingerprint density at radius 1 is 0.846 bits per heavy atom. The summed E-state index contributed by atoms with van der Waals surface area (Å²) in [4.78, 5) is 13.4. The number of rotatable bonds is 23. The third kappa shape index (κ3) is 10.9. The lowest BCUT2D eigenvalue weighted by Crippen LogP contribution is -2.35. The molecule has 0 fully saturated rings. The minimum Gasteiger partial charge on any atom is -0.504 e. The van der Waals surface area contributed by atoms with Gasteiger partial charge in [-0.25, -0.2) is 0 Å². The highest BCUT2D eigenvalue weighted by Crippen LogP contribution is 2.44. The highest BCUT2D eigenvalue weighted by atomic mass is 16.5. The van der Waals surface area contributed by atoms with Crippen LogP contribution in [0.1, 0.15) is 113 Å². The lowest BCUT2D eigenvalue weighted by molar-refractivity contribution is 0.0356. The van der Waals surface area contributed by atoms with Gasteiger partial charge in [-0.15, -0.1) is 6.58 Å². The lowest BCUT2D eigenvalue weighted by atomic mass is 9.84. The highest BCUT2D eigenvalue weighted by Gasteiger charge is 2.34. The van der Waals surface area contributed by atoms with Crippen molar-refractivity contribution in [1.29, 1.82) is 0 Å². The second kappa shape index (κ2) is 19.6. The zero-order chi connectivity index (χ0) is 38.5. The second-order valence-corrected chi connectivity index (χ2v) is 14.3. The Hall–Kier alpha value is -4.21. The number of Topliss-reactive ketones (excluding diaryl/α,β-unsaturated/α-hetero) is 1. The van der Waals surface area contributed by atoms with Crippen molar-refractivity contribution in [3.8, 4) is 34.5 Å². The third-order valence-electron chi connectivity index (χ3n) is 10.0. The molecule has 0 heterocycles. The van der Waals surface area contributed by atoms with E-state index in [1.165, 1.54) is 27.2 Å². The van der Waals surface area contributed by atoms with E-state index >= 15 is 0 Å². The van der Waals surface area contributed by atoms with Crippen molar-refractivity contribution in [2.45, 2.75) is 110 Å². The van der Waals surface area contributed by atoms with E-state index in [0.717, 1.165) is 38.5 Å². The van der Waals surface area contributed by atoms with Crippen LogP contribution in [-0.2, 0) is 0 Å². The average Bonchev–Trinajstić information content (AvgIpc) is 3.15. The highest BCUT2D eigenvalue weighted by molar-refractivity contribution is 6.02. The molecule has 0 spiro atoms. The van der Waals surface area contributed by atoms with Crippen molar-refractivity contribution in [3.63, 3.8) is 0 Å². The average molecular weight is 721 g/mol. The zero-order valence-electron chi connectivity index (χ0n) is 32.4. The first-order valence-corrected chi connectivity index (χ1v) is 18.3. The van der Waals surface area contributed by atoms with Gasteiger partial charge in [0.05, 0.1) is 40.0 Å². The van der Waals surface area contributed by atoms with Gasteiger partial charge in [0.2, 0.25) is 0 Å². The van der Waals surface area contributed by atoms with Crippen LogP contribution in [0.2, 0.25) is 0 Å². The molecule has 3 aromatic carbocycles. The molecule has 0 aliphatic rings. The number of allylic oxidation sites excluding steroid dienone is 1. The molecule has 3 N–H and O–H groups in total. The van der Waals surface area contributed by atoms with Crippen LogP contribution < -0.4 is 23.7 Å². The molecule has 3 rings (SSSR count). The van der Waals surface area contributed by atoms with E-state index in [1.54, 1.807) is 37.4 Å². The summed E-state index contributed by atoms with van der Waals surface area (Å²) in [6, 6.07) is 15.4. The Labute approximate surface area is 310 Å². The number of methoxy groups -OCH3 is 3. The van der Waals surface area contributed by atoms with Crippen molar-refractivity contribution in [2.75, 3.05) is 27.9 Å². The first-order chi connectivity index (χ1) is 24.8. The SMILES string of the molecule is C=CCCCCC(C)(O)C(=O)c1ccc(OC(CO)C(c2ccc(OC(CC)CCC(C)(C)CC)c(OC)c2)c2cccc(OC)c2O)c(OC)c1. The zero-order valence-corrected chi connectivity index (χ0v) is 32.4. The first kappa shape index (κ1) is 42.2. The van der Waals surface area contributed by atoms with Gasteiger partial charge in [0.25, 0.3) is 0 Å². The summed E-state index contributed by atoms with van der Waals surface area (Å²) < 4.78 is 29.9. The van der Waals surface area contributed by atoms with Crippen LogP contribution in [0.5, 0.6) is 34.5 Å². The molecular weight excluding hydrogens is 660 g/mol. The molecule has 9 heteroatoms. The fourth-order valence-electron chi connectivity index (χ4n) is 6.24. The Balaban J connectivity index is 2.02. The van der Waals surface area contributed by atoms with E-state index in [1.807, 2.05) is 24.3 Å². The number of hydrogen-bond donors (Lipinski definition) is 3. The molecule has 286 valence electrons. The Kier molecular flexibility index (Phi) is 15.9. The maximum absolute atomic E-state index is 13.4. The summed E-state index contributed by atoms with van der Waals surface area (Å²) in [6.45, 7) is 13.7. The number of aliphatic hydroxyl groups is 2. The molecule has 0 aliphatic heterocycles. The number of aliphatic hydroxyl groups excluding tert-OH is 1. The van der Waals surface area contributed by atoms with Gasteiger partial charge in [-0.05, 0) is 99.2 Å². The van der Waals surface area contributed by atoms with Gasteiger partial charge in [-0.1, -0.05) is 58.4 Å². The fraction of sp³-hybridized carbons (Fsp3) is 0.512. The van der Waals surface area contributed by atoms with Crippen LogP contribution in [0, 0.1) is 5.41 Å². The van der Waals surface area contributed by atoms with Gasteiger partial charge >= 0.3 is 0 Å². The van der Waals surface area contributed by atoms with E-state index in [4.69, 9.17) is 23.7 Å². The Bertz CT molecular complexity index is 1600. The number of aromatic hydroxyl groups is 1. The number of ketones is 1. The number of hydrogen-bond acceptors (Lipinski definition) is 9. The van der Waals surface area contributed by atoms with Gasteiger partial charge < -0.3 is 39.0 Å². The molecule has 0 saturated carbocycles. The molecule has 0 aliphatic carbocycles. The summed E-state index contributed by atoms with van der Waals surface area (Å²) in [7, 11) is 4.51. The monoisotopic (exact) mass is 720 g/mol. The van der Waals surface area contributed by atoms with Crippen LogP contribution in [0.15, 0.2) is 67.3 Å². The van der Waals surface area contributed by atoms with Crippen LogP contribution >= 0.6 is 0 Å². The maximum Gasteiger partial charge on any atom is 0.194 e. The smallest absolute Gasteiger partial charge is 0.194 e. The molecule has 0 radical (unpaired) electrons. The van der Waals surface area contributed by atoms with Crippen molar-refractivity contribution in [3.05, 3.63) is 83.9 Å².